The van der Waals surface area contributed by atoms with Crippen LogP contribution >= 0.6 is 0 Å². The number of likely N-dealkylation sites (tertiary alicyclic amines) is 1. The third kappa shape index (κ3) is 8.69. The monoisotopic (exact) mass is 507 g/mol. The van der Waals surface area contributed by atoms with Crippen molar-refractivity contribution in [2.75, 3.05) is 6.54 Å². The van der Waals surface area contributed by atoms with Crippen molar-refractivity contribution >= 4 is 5.97 Å². The molecule has 0 bridgehead atoms. The molecule has 198 valence electrons. The number of carbonyl (C=O) groups is 1. The molecule has 1 aliphatic heterocycles. The molecular weight excluding hydrogens is 472 g/mol. The molecule has 2 unspecified atom stereocenters. The van der Waals surface area contributed by atoms with Crippen molar-refractivity contribution in [1.29, 1.82) is 0 Å². The Labute approximate surface area is 202 Å². The third-order valence-corrected chi connectivity index (χ3v) is 7.70. The summed E-state index contributed by atoms with van der Waals surface area (Å²) < 4.78 is 78.7. The van der Waals surface area contributed by atoms with Crippen LogP contribution in [0.5, 0.6) is 0 Å². The zero-order valence-corrected chi connectivity index (χ0v) is 19.9. The molecule has 1 saturated heterocycles. The van der Waals surface area contributed by atoms with Crippen molar-refractivity contribution in [3.63, 3.8) is 0 Å². The number of carboxylic acid groups (broad SMARTS) is 1. The minimum Gasteiger partial charge on any atom is -0.481 e. The second-order valence-electron chi connectivity index (χ2n) is 10.3. The van der Waals surface area contributed by atoms with Crippen LogP contribution in [-0.4, -0.2) is 34.7 Å². The van der Waals surface area contributed by atoms with Crippen LogP contribution in [0.4, 0.5) is 26.3 Å². The first-order valence-electron chi connectivity index (χ1n) is 12.6. The van der Waals surface area contributed by atoms with E-state index in [1.165, 1.54) is 18.6 Å². The number of halogens is 6. The van der Waals surface area contributed by atoms with E-state index in [1.54, 1.807) is 0 Å². The normalized spacial score (nSPS) is 23.8. The zero-order chi connectivity index (χ0) is 25.6. The van der Waals surface area contributed by atoms with Crippen LogP contribution < -0.4 is 0 Å². The van der Waals surface area contributed by atoms with E-state index in [1.807, 2.05) is 4.90 Å². The molecular formula is C26H35F6NO2. The minimum absolute atomic E-state index is 0.0553. The van der Waals surface area contributed by atoms with Gasteiger partial charge in [-0.15, -0.1) is 0 Å². The van der Waals surface area contributed by atoms with Crippen LogP contribution in [-0.2, 0) is 11.0 Å². The standard InChI is InChI=1S/C26H35F6NO2/c27-25(28,29)14-12-22(11-6-18-4-2-1-3-5-18)33-15-13-19(17-24(34)35)16-23(33)20-7-9-21(10-8-20)26(30,31)32/h7-10,18-19,22-23H,1-6,11-17H2,(H,34,35)/t19?,22-,23?/m1/s1. The number of hydrogen-bond acceptors (Lipinski definition) is 2. The van der Waals surface area contributed by atoms with E-state index >= 15 is 0 Å². The maximum atomic E-state index is 13.2. The fraction of sp³-hybridized carbons (Fsp3) is 0.731. The molecule has 1 aromatic rings. The molecule has 1 aromatic carbocycles. The largest absolute Gasteiger partial charge is 0.481 e. The summed E-state index contributed by atoms with van der Waals surface area (Å²) in [6.45, 7) is 0.441. The lowest BCUT2D eigenvalue weighted by molar-refractivity contribution is -0.141. The van der Waals surface area contributed by atoms with Crippen LogP contribution in [0.15, 0.2) is 24.3 Å². The summed E-state index contributed by atoms with van der Waals surface area (Å²) in [5, 5.41) is 9.26. The molecule has 0 amide bonds. The molecule has 2 aliphatic rings. The number of carboxylic acids is 1. The zero-order valence-electron chi connectivity index (χ0n) is 19.9. The second kappa shape index (κ2) is 12.0. The Morgan fingerprint density at radius 1 is 0.943 bits per heavy atom. The highest BCUT2D eigenvalue weighted by molar-refractivity contribution is 5.67. The highest BCUT2D eigenvalue weighted by Crippen LogP contribution is 2.41. The van der Waals surface area contributed by atoms with Crippen LogP contribution in [0, 0.1) is 11.8 Å². The van der Waals surface area contributed by atoms with Gasteiger partial charge in [0.1, 0.15) is 0 Å². The highest BCUT2D eigenvalue weighted by Gasteiger charge is 2.38. The lowest BCUT2D eigenvalue weighted by Gasteiger charge is -2.45. The number of hydrogen-bond donors (Lipinski definition) is 1. The molecule has 1 heterocycles. The molecule has 9 heteroatoms. The van der Waals surface area contributed by atoms with Crippen LogP contribution in [0.1, 0.15) is 94.2 Å². The van der Waals surface area contributed by atoms with Crippen molar-refractivity contribution in [1.82, 2.24) is 4.90 Å². The summed E-state index contributed by atoms with van der Waals surface area (Å²) >= 11 is 0. The van der Waals surface area contributed by atoms with Gasteiger partial charge >= 0.3 is 18.3 Å². The molecule has 0 aromatic heterocycles. The summed E-state index contributed by atoms with van der Waals surface area (Å²) in [7, 11) is 0. The minimum atomic E-state index is -4.48. The fourth-order valence-electron chi connectivity index (χ4n) is 5.86. The van der Waals surface area contributed by atoms with Gasteiger partial charge in [-0.2, -0.15) is 26.3 Å². The number of alkyl halides is 6. The van der Waals surface area contributed by atoms with E-state index in [9.17, 15) is 36.2 Å². The average molecular weight is 508 g/mol. The molecule has 3 nitrogen and oxygen atoms in total. The number of piperidine rings is 1. The molecule has 1 N–H and O–H groups in total. The maximum Gasteiger partial charge on any atom is 0.416 e. The summed E-state index contributed by atoms with van der Waals surface area (Å²) in [5.41, 5.74) is -0.181. The number of rotatable bonds is 9. The van der Waals surface area contributed by atoms with Crippen molar-refractivity contribution in [2.24, 2.45) is 11.8 Å². The Bertz CT molecular complexity index is 802. The predicted molar refractivity (Wildman–Crippen MR) is 121 cm³/mol. The molecule has 2 fully saturated rings. The fourth-order valence-corrected chi connectivity index (χ4v) is 5.86. The van der Waals surface area contributed by atoms with Crippen LogP contribution in [0.3, 0.4) is 0 Å². The van der Waals surface area contributed by atoms with Gasteiger partial charge < -0.3 is 5.11 Å². The quantitative estimate of drug-likeness (QED) is 0.344. The van der Waals surface area contributed by atoms with E-state index in [2.05, 4.69) is 0 Å². The Kier molecular flexibility index (Phi) is 9.52. The smallest absolute Gasteiger partial charge is 0.416 e. The van der Waals surface area contributed by atoms with Crippen molar-refractivity contribution in [2.45, 2.75) is 101 Å². The van der Waals surface area contributed by atoms with Gasteiger partial charge in [0.05, 0.1) is 5.56 Å². The van der Waals surface area contributed by atoms with E-state index in [0.29, 0.717) is 37.3 Å². The van der Waals surface area contributed by atoms with E-state index in [4.69, 9.17) is 0 Å². The van der Waals surface area contributed by atoms with Gasteiger partial charge in [-0.05, 0) is 68.2 Å². The number of nitrogens with zero attached hydrogens (tertiary/aromatic N) is 1. The Balaban J connectivity index is 1.83. The van der Waals surface area contributed by atoms with E-state index in [-0.39, 0.29) is 24.8 Å². The first-order valence-corrected chi connectivity index (χ1v) is 12.6. The van der Waals surface area contributed by atoms with Gasteiger partial charge in [-0.25, -0.2) is 0 Å². The molecule has 0 radical (unpaired) electrons. The molecule has 3 rings (SSSR count). The molecule has 1 saturated carbocycles. The number of aliphatic carboxylic acids is 1. The summed E-state index contributed by atoms with van der Waals surface area (Å²) in [5.74, 6) is -0.607. The van der Waals surface area contributed by atoms with Gasteiger partial charge in [-0.3, -0.25) is 9.69 Å². The third-order valence-electron chi connectivity index (χ3n) is 7.70. The van der Waals surface area contributed by atoms with Gasteiger partial charge in [0.2, 0.25) is 0 Å². The summed E-state index contributed by atoms with van der Waals surface area (Å²) in [4.78, 5) is 13.3. The first-order chi connectivity index (χ1) is 16.4. The van der Waals surface area contributed by atoms with Crippen LogP contribution in [0.2, 0.25) is 0 Å². The Hall–Kier alpha value is -1.77. The maximum absolute atomic E-state index is 13.2. The topological polar surface area (TPSA) is 40.5 Å². The molecule has 1 aliphatic carbocycles. The van der Waals surface area contributed by atoms with Crippen LogP contribution in [0.25, 0.3) is 0 Å². The first kappa shape index (κ1) is 27.8. The van der Waals surface area contributed by atoms with Crippen molar-refractivity contribution < 1.29 is 36.2 Å². The Morgan fingerprint density at radius 3 is 2.17 bits per heavy atom. The molecule has 35 heavy (non-hydrogen) atoms. The number of benzene rings is 1. The van der Waals surface area contributed by atoms with Gasteiger partial charge in [0, 0.05) is 24.9 Å². The SMILES string of the molecule is O=C(O)CC1CCN([C@H](CCC2CCCCC2)CCC(F)(F)F)C(c2ccc(C(F)(F)F)cc2)C1. The molecule has 0 spiro atoms. The van der Waals surface area contributed by atoms with Crippen molar-refractivity contribution in [3.05, 3.63) is 35.4 Å². The lowest BCUT2D eigenvalue weighted by Crippen LogP contribution is -2.44. The molecule has 3 atom stereocenters. The van der Waals surface area contributed by atoms with E-state index < -0.39 is 36.3 Å². The predicted octanol–water partition coefficient (Wildman–Crippen LogP) is 8.00. The average Bonchev–Trinajstić information content (AvgIpc) is 2.78. The van der Waals surface area contributed by atoms with Gasteiger partial charge in [0.25, 0.3) is 0 Å². The van der Waals surface area contributed by atoms with Crippen molar-refractivity contribution in [3.8, 4) is 0 Å². The lowest BCUT2D eigenvalue weighted by atomic mass is 9.81. The summed E-state index contributed by atoms with van der Waals surface area (Å²) in [6.07, 6.45) is -1.70. The highest BCUT2D eigenvalue weighted by atomic mass is 19.4. The van der Waals surface area contributed by atoms with E-state index in [0.717, 1.165) is 44.2 Å². The van der Waals surface area contributed by atoms with Gasteiger partial charge in [-0.1, -0.05) is 44.2 Å². The second-order valence-corrected chi connectivity index (χ2v) is 10.3. The van der Waals surface area contributed by atoms with Gasteiger partial charge in [0.15, 0.2) is 0 Å². The Morgan fingerprint density at radius 2 is 1.60 bits per heavy atom. The summed E-state index contributed by atoms with van der Waals surface area (Å²) in [6, 6.07) is 4.04.